The lowest BCUT2D eigenvalue weighted by Gasteiger charge is -2.14. The largest absolute Gasteiger partial charge is 0.480 e. The summed E-state index contributed by atoms with van der Waals surface area (Å²) >= 11 is 1.31. The quantitative estimate of drug-likeness (QED) is 0.914. The summed E-state index contributed by atoms with van der Waals surface area (Å²) in [5, 5.41) is 10.5. The molecule has 0 saturated heterocycles. The Morgan fingerprint density at radius 1 is 1.39 bits per heavy atom. The van der Waals surface area contributed by atoms with Crippen LogP contribution in [0.3, 0.4) is 0 Å². The number of carbonyl (C=O) groups excluding carboxylic acids is 1. The number of hydrogen-bond donors (Lipinski definition) is 1. The van der Waals surface area contributed by atoms with Crippen molar-refractivity contribution in [3.63, 3.8) is 0 Å². The topological polar surface area (TPSA) is 62.5 Å². The number of likely N-dealkylation sites (N-methyl/N-ethyl adjacent to an activating group) is 1. The summed E-state index contributed by atoms with van der Waals surface area (Å²) in [5.41, 5.74) is 0.771. The molecule has 0 spiro atoms. The van der Waals surface area contributed by atoms with E-state index in [0.29, 0.717) is 4.88 Å². The van der Waals surface area contributed by atoms with Gasteiger partial charge >= 0.3 is 5.97 Å². The molecular weight excluding hydrogens is 252 g/mol. The molecule has 0 aliphatic carbocycles. The average Bonchev–Trinajstić information content (AvgIpc) is 2.97. The monoisotopic (exact) mass is 264 g/mol. The van der Waals surface area contributed by atoms with Gasteiger partial charge in [0.05, 0.1) is 5.69 Å². The SMILES string of the molecule is CN(CC(=O)O)C(=O)c1sccc1-n1cccc1. The van der Waals surface area contributed by atoms with Crippen LogP contribution in [0.4, 0.5) is 0 Å². The van der Waals surface area contributed by atoms with Crippen LogP contribution >= 0.6 is 11.3 Å². The van der Waals surface area contributed by atoms with E-state index in [1.54, 1.807) is 0 Å². The number of hydrogen-bond acceptors (Lipinski definition) is 3. The van der Waals surface area contributed by atoms with Crippen molar-refractivity contribution in [2.24, 2.45) is 0 Å². The van der Waals surface area contributed by atoms with Gasteiger partial charge in [-0.2, -0.15) is 0 Å². The molecule has 6 heteroatoms. The van der Waals surface area contributed by atoms with Crippen molar-refractivity contribution < 1.29 is 14.7 Å². The number of carboxylic acids is 1. The third-order valence-corrected chi connectivity index (χ3v) is 3.33. The number of thiophene rings is 1. The van der Waals surface area contributed by atoms with Crippen LogP contribution in [0.1, 0.15) is 9.67 Å². The first-order chi connectivity index (χ1) is 8.59. The number of carbonyl (C=O) groups is 2. The molecular formula is C12H12N2O3S. The molecule has 0 aliphatic heterocycles. The van der Waals surface area contributed by atoms with Gasteiger partial charge in [0.2, 0.25) is 0 Å². The zero-order valence-corrected chi connectivity index (χ0v) is 10.6. The van der Waals surface area contributed by atoms with E-state index in [-0.39, 0.29) is 12.5 Å². The Kier molecular flexibility index (Phi) is 3.47. The molecule has 94 valence electrons. The van der Waals surface area contributed by atoms with Gasteiger partial charge < -0.3 is 14.6 Å². The molecule has 0 unspecified atom stereocenters. The lowest BCUT2D eigenvalue weighted by Crippen LogP contribution is -2.31. The molecule has 1 amide bonds. The summed E-state index contributed by atoms with van der Waals surface area (Å²) in [7, 11) is 1.48. The molecule has 2 aromatic rings. The molecule has 0 aliphatic rings. The zero-order valence-electron chi connectivity index (χ0n) is 9.74. The number of nitrogens with zero attached hydrogens (tertiary/aromatic N) is 2. The first-order valence-electron chi connectivity index (χ1n) is 5.27. The molecule has 0 saturated carbocycles. The molecule has 2 heterocycles. The predicted octanol–water partition coefficient (Wildman–Crippen LogP) is 1.70. The second-order valence-electron chi connectivity index (χ2n) is 3.78. The van der Waals surface area contributed by atoms with Gasteiger partial charge in [0.1, 0.15) is 11.4 Å². The predicted molar refractivity (Wildman–Crippen MR) is 68.2 cm³/mol. The first kappa shape index (κ1) is 12.4. The molecule has 2 rings (SSSR count). The highest BCUT2D eigenvalue weighted by Gasteiger charge is 2.19. The third-order valence-electron chi connectivity index (χ3n) is 2.44. The summed E-state index contributed by atoms with van der Waals surface area (Å²) in [6, 6.07) is 5.58. The van der Waals surface area contributed by atoms with E-state index < -0.39 is 5.97 Å². The minimum Gasteiger partial charge on any atom is -0.480 e. The molecule has 0 atom stereocenters. The van der Waals surface area contributed by atoms with Crippen molar-refractivity contribution in [2.45, 2.75) is 0 Å². The maximum absolute atomic E-state index is 12.1. The van der Waals surface area contributed by atoms with E-state index in [1.165, 1.54) is 23.3 Å². The Morgan fingerprint density at radius 3 is 2.67 bits per heavy atom. The number of rotatable bonds is 4. The maximum atomic E-state index is 12.1. The molecule has 0 fully saturated rings. The minimum atomic E-state index is -1.02. The van der Waals surface area contributed by atoms with E-state index in [9.17, 15) is 9.59 Å². The normalized spacial score (nSPS) is 10.3. The van der Waals surface area contributed by atoms with Crippen LogP contribution in [-0.4, -0.2) is 40.0 Å². The van der Waals surface area contributed by atoms with Gasteiger partial charge in [-0.3, -0.25) is 9.59 Å². The number of amides is 1. The Bertz CT molecular complexity index is 560. The van der Waals surface area contributed by atoms with Crippen molar-refractivity contribution in [3.05, 3.63) is 40.8 Å². The van der Waals surface area contributed by atoms with Gasteiger partial charge in [-0.25, -0.2) is 0 Å². The van der Waals surface area contributed by atoms with Crippen LogP contribution in [0.2, 0.25) is 0 Å². The van der Waals surface area contributed by atoms with Gasteiger partial charge in [-0.05, 0) is 23.6 Å². The fourth-order valence-corrected chi connectivity index (χ4v) is 2.49. The summed E-state index contributed by atoms with van der Waals surface area (Å²) in [4.78, 5) is 24.5. The highest BCUT2D eigenvalue weighted by atomic mass is 32.1. The van der Waals surface area contributed by atoms with E-state index in [2.05, 4.69) is 0 Å². The molecule has 18 heavy (non-hydrogen) atoms. The Balaban J connectivity index is 2.27. The van der Waals surface area contributed by atoms with E-state index >= 15 is 0 Å². The van der Waals surface area contributed by atoms with Gasteiger partial charge in [0.15, 0.2) is 0 Å². The number of carboxylic acid groups (broad SMARTS) is 1. The maximum Gasteiger partial charge on any atom is 0.323 e. The van der Waals surface area contributed by atoms with Crippen LogP contribution in [0.25, 0.3) is 5.69 Å². The fourth-order valence-electron chi connectivity index (χ4n) is 1.61. The second-order valence-corrected chi connectivity index (χ2v) is 4.70. The fraction of sp³-hybridized carbons (Fsp3) is 0.167. The lowest BCUT2D eigenvalue weighted by atomic mass is 10.3. The van der Waals surface area contributed by atoms with Crippen molar-refractivity contribution in [3.8, 4) is 5.69 Å². The van der Waals surface area contributed by atoms with Gasteiger partial charge in [-0.1, -0.05) is 0 Å². The van der Waals surface area contributed by atoms with Crippen LogP contribution in [-0.2, 0) is 4.79 Å². The summed E-state index contributed by atoms with van der Waals surface area (Å²) in [5.74, 6) is -1.30. The van der Waals surface area contributed by atoms with Gasteiger partial charge in [0, 0.05) is 19.4 Å². The standard InChI is InChI=1S/C12H12N2O3S/c1-13(8-10(15)16)12(17)11-9(4-7-18-11)14-5-2-3-6-14/h2-7H,8H2,1H3,(H,15,16). The number of aromatic nitrogens is 1. The van der Waals surface area contributed by atoms with E-state index in [4.69, 9.17) is 5.11 Å². The highest BCUT2D eigenvalue weighted by molar-refractivity contribution is 7.12. The van der Waals surface area contributed by atoms with Crippen molar-refractivity contribution in [2.75, 3.05) is 13.6 Å². The van der Waals surface area contributed by atoms with E-state index in [1.807, 2.05) is 40.5 Å². The Hall–Kier alpha value is -2.08. The smallest absolute Gasteiger partial charge is 0.323 e. The molecule has 0 aromatic carbocycles. The third kappa shape index (κ3) is 2.43. The van der Waals surface area contributed by atoms with Crippen LogP contribution in [0.15, 0.2) is 36.0 Å². The number of aliphatic carboxylic acids is 1. The first-order valence-corrected chi connectivity index (χ1v) is 6.15. The minimum absolute atomic E-state index is 0.281. The lowest BCUT2D eigenvalue weighted by molar-refractivity contribution is -0.137. The second kappa shape index (κ2) is 5.05. The van der Waals surface area contributed by atoms with Crippen molar-refractivity contribution in [1.29, 1.82) is 0 Å². The summed E-state index contributed by atoms with van der Waals surface area (Å²) in [6.07, 6.45) is 3.69. The average molecular weight is 264 g/mol. The molecule has 0 bridgehead atoms. The molecule has 2 aromatic heterocycles. The van der Waals surface area contributed by atoms with E-state index in [0.717, 1.165) is 5.69 Å². The van der Waals surface area contributed by atoms with Crippen LogP contribution in [0.5, 0.6) is 0 Å². The molecule has 5 nitrogen and oxygen atoms in total. The Morgan fingerprint density at radius 2 is 2.06 bits per heavy atom. The van der Waals surface area contributed by atoms with Gasteiger partial charge in [0.25, 0.3) is 5.91 Å². The van der Waals surface area contributed by atoms with Crippen LogP contribution in [0, 0.1) is 0 Å². The molecule has 0 radical (unpaired) electrons. The van der Waals surface area contributed by atoms with Gasteiger partial charge in [-0.15, -0.1) is 11.3 Å². The summed E-state index contributed by atoms with van der Waals surface area (Å²) < 4.78 is 1.83. The highest BCUT2D eigenvalue weighted by Crippen LogP contribution is 2.22. The van der Waals surface area contributed by atoms with Crippen LogP contribution < -0.4 is 0 Å². The Labute approximate surface area is 108 Å². The van der Waals surface area contributed by atoms with Crippen molar-refractivity contribution in [1.82, 2.24) is 9.47 Å². The van der Waals surface area contributed by atoms with Crippen molar-refractivity contribution >= 4 is 23.2 Å². The zero-order chi connectivity index (χ0) is 13.1. The molecule has 1 N–H and O–H groups in total. The summed E-state index contributed by atoms with van der Waals surface area (Å²) in [6.45, 7) is -0.304.